The van der Waals surface area contributed by atoms with Crippen LogP contribution in [-0.2, 0) is 19.1 Å². The molecule has 6 rings (SSSR count). The van der Waals surface area contributed by atoms with E-state index in [2.05, 4.69) is 6.92 Å². The van der Waals surface area contributed by atoms with Crippen LogP contribution in [0.1, 0.15) is 52.4 Å². The largest absolute Gasteiger partial charge is 0.462 e. The minimum atomic E-state index is -2.75. The number of hydrogen-bond donors (Lipinski definition) is 0. The van der Waals surface area contributed by atoms with Gasteiger partial charge < -0.3 is 9.47 Å². The Morgan fingerprint density at radius 2 is 1.82 bits per heavy atom. The molecule has 0 bridgehead atoms. The third-order valence-corrected chi connectivity index (χ3v) is 9.79. The number of cyclic esters (lactones) is 1. The standard InChI is InChI=1S/C22H26F2O4/c1-19-10-27-15(26)9-13(19)17-18(22(17,23)24)16-11(19)3-6-20(2)12(16)4-7-21(20)8-5-14(25)28-21/h9,11-12,16-18H,3-8,10H2,1-2H3/t11?,12?,16?,17-,18+,19-,20+,21-/m1/s1. The highest BCUT2D eigenvalue weighted by Gasteiger charge is 2.82. The molecule has 0 aromatic heterocycles. The van der Waals surface area contributed by atoms with Gasteiger partial charge in [-0.2, -0.15) is 0 Å². The number of esters is 2. The molecule has 5 fully saturated rings. The van der Waals surface area contributed by atoms with Gasteiger partial charge in [0.2, 0.25) is 0 Å². The molecule has 1 saturated heterocycles. The van der Waals surface area contributed by atoms with Gasteiger partial charge in [-0.15, -0.1) is 0 Å². The molecule has 0 amide bonds. The number of halogens is 2. The predicted octanol–water partition coefficient (Wildman–Crippen LogP) is 3.89. The van der Waals surface area contributed by atoms with Crippen molar-refractivity contribution in [2.45, 2.75) is 63.9 Å². The molecule has 3 unspecified atom stereocenters. The van der Waals surface area contributed by atoms with Crippen LogP contribution in [0.2, 0.25) is 0 Å². The Morgan fingerprint density at radius 1 is 1.07 bits per heavy atom. The van der Waals surface area contributed by atoms with Crippen LogP contribution >= 0.6 is 0 Å². The second kappa shape index (κ2) is 4.81. The lowest BCUT2D eigenvalue weighted by atomic mass is 9.47. The fourth-order valence-corrected chi connectivity index (χ4v) is 8.37. The third-order valence-electron chi connectivity index (χ3n) is 9.79. The van der Waals surface area contributed by atoms with Crippen LogP contribution < -0.4 is 0 Å². The molecule has 6 aliphatic rings. The van der Waals surface area contributed by atoms with Crippen molar-refractivity contribution < 1.29 is 27.8 Å². The molecule has 152 valence electrons. The lowest BCUT2D eigenvalue weighted by Crippen LogP contribution is -2.56. The molecule has 4 saturated carbocycles. The Labute approximate surface area is 163 Å². The molecule has 1 spiro atoms. The van der Waals surface area contributed by atoms with Gasteiger partial charge in [0, 0.05) is 29.2 Å². The number of carbonyl (C=O) groups is 2. The van der Waals surface area contributed by atoms with Crippen molar-refractivity contribution in [1.29, 1.82) is 0 Å². The first-order valence-electron chi connectivity index (χ1n) is 10.6. The third kappa shape index (κ3) is 1.73. The number of alkyl halides is 2. The van der Waals surface area contributed by atoms with Gasteiger partial charge in [-0.3, -0.25) is 4.79 Å². The minimum Gasteiger partial charge on any atom is -0.462 e. The number of ether oxygens (including phenoxy) is 2. The highest BCUT2D eigenvalue weighted by molar-refractivity contribution is 5.84. The van der Waals surface area contributed by atoms with Crippen LogP contribution in [0.3, 0.4) is 0 Å². The molecule has 28 heavy (non-hydrogen) atoms. The van der Waals surface area contributed by atoms with Crippen molar-refractivity contribution in [2.75, 3.05) is 6.61 Å². The average Bonchev–Trinajstić information content (AvgIpc) is 2.90. The zero-order chi connectivity index (χ0) is 19.7. The summed E-state index contributed by atoms with van der Waals surface area (Å²) in [4.78, 5) is 23.8. The lowest BCUT2D eigenvalue weighted by molar-refractivity contribution is -0.171. The average molecular weight is 392 g/mol. The maximum atomic E-state index is 15.1. The van der Waals surface area contributed by atoms with Crippen LogP contribution in [-0.4, -0.2) is 30.1 Å². The highest BCUT2D eigenvalue weighted by atomic mass is 19.3. The summed E-state index contributed by atoms with van der Waals surface area (Å²) in [5.41, 5.74) is -0.561. The Balaban J connectivity index is 1.45. The summed E-state index contributed by atoms with van der Waals surface area (Å²) in [6, 6.07) is 0. The smallest absolute Gasteiger partial charge is 0.330 e. The van der Waals surface area contributed by atoms with Crippen LogP contribution in [0.15, 0.2) is 11.6 Å². The number of carbonyl (C=O) groups excluding carboxylic acids is 2. The number of hydrogen-bond acceptors (Lipinski definition) is 4. The van der Waals surface area contributed by atoms with Crippen molar-refractivity contribution in [1.82, 2.24) is 0 Å². The van der Waals surface area contributed by atoms with E-state index in [9.17, 15) is 9.59 Å². The first kappa shape index (κ1) is 17.4. The zero-order valence-electron chi connectivity index (χ0n) is 16.3. The summed E-state index contributed by atoms with van der Waals surface area (Å²) >= 11 is 0. The van der Waals surface area contributed by atoms with Crippen molar-refractivity contribution >= 4 is 11.9 Å². The number of rotatable bonds is 0. The van der Waals surface area contributed by atoms with E-state index in [4.69, 9.17) is 9.47 Å². The second-order valence-corrected chi connectivity index (χ2v) is 10.6. The van der Waals surface area contributed by atoms with E-state index < -0.39 is 34.7 Å². The van der Waals surface area contributed by atoms with E-state index in [1.807, 2.05) is 6.92 Å². The van der Waals surface area contributed by atoms with Crippen LogP contribution in [0.25, 0.3) is 0 Å². The van der Waals surface area contributed by atoms with Crippen molar-refractivity contribution in [3.8, 4) is 0 Å². The summed E-state index contributed by atoms with van der Waals surface area (Å²) in [5.74, 6) is -4.75. The fourth-order valence-electron chi connectivity index (χ4n) is 8.37. The summed E-state index contributed by atoms with van der Waals surface area (Å²) in [6.45, 7) is 4.42. The van der Waals surface area contributed by atoms with E-state index in [0.29, 0.717) is 12.0 Å². The van der Waals surface area contributed by atoms with Crippen LogP contribution in [0, 0.1) is 40.4 Å². The summed E-state index contributed by atoms with van der Waals surface area (Å²) < 4.78 is 41.4. The Morgan fingerprint density at radius 3 is 2.54 bits per heavy atom. The normalized spacial score (nSPS) is 55.4. The molecular formula is C22H26F2O4. The van der Waals surface area contributed by atoms with Gasteiger partial charge >= 0.3 is 11.9 Å². The van der Waals surface area contributed by atoms with E-state index in [-0.39, 0.29) is 35.7 Å². The van der Waals surface area contributed by atoms with Crippen LogP contribution in [0.5, 0.6) is 0 Å². The predicted molar refractivity (Wildman–Crippen MR) is 94.2 cm³/mol. The van der Waals surface area contributed by atoms with E-state index in [1.54, 1.807) is 0 Å². The van der Waals surface area contributed by atoms with Gasteiger partial charge in [0.25, 0.3) is 5.92 Å². The van der Waals surface area contributed by atoms with Gasteiger partial charge in [-0.1, -0.05) is 13.8 Å². The summed E-state index contributed by atoms with van der Waals surface area (Å²) in [7, 11) is 0. The van der Waals surface area contributed by atoms with E-state index in [0.717, 1.165) is 32.1 Å². The van der Waals surface area contributed by atoms with Gasteiger partial charge in [0.15, 0.2) is 0 Å². The topological polar surface area (TPSA) is 52.6 Å². The van der Waals surface area contributed by atoms with Crippen molar-refractivity contribution in [3.05, 3.63) is 11.6 Å². The van der Waals surface area contributed by atoms with E-state index >= 15 is 8.78 Å². The molecule has 0 aromatic rings. The van der Waals surface area contributed by atoms with Crippen molar-refractivity contribution in [2.24, 2.45) is 40.4 Å². The number of fused-ring (bicyclic) bond motifs is 9. The molecule has 4 aliphatic carbocycles. The molecule has 2 aliphatic heterocycles. The zero-order valence-corrected chi connectivity index (χ0v) is 16.3. The quantitative estimate of drug-likeness (QED) is 0.587. The molecule has 2 heterocycles. The van der Waals surface area contributed by atoms with E-state index in [1.165, 1.54) is 6.08 Å². The van der Waals surface area contributed by atoms with Crippen molar-refractivity contribution in [3.63, 3.8) is 0 Å². The minimum absolute atomic E-state index is 0.0896. The van der Waals surface area contributed by atoms with Crippen LogP contribution in [0.4, 0.5) is 8.78 Å². The molecule has 6 heteroatoms. The van der Waals surface area contributed by atoms with Gasteiger partial charge in [0.1, 0.15) is 12.2 Å². The highest BCUT2D eigenvalue weighted by Crippen LogP contribution is 2.79. The molecule has 0 radical (unpaired) electrons. The SMILES string of the molecule is C[C@]12COC(=O)C=C1[C@@H]1[C@H](C3C2CC[C@@]2(C)C3CC[C@@]23CCC(=O)O3)C1(F)F. The maximum absolute atomic E-state index is 15.1. The monoisotopic (exact) mass is 392 g/mol. The Bertz CT molecular complexity index is 836. The molecular weight excluding hydrogens is 366 g/mol. The maximum Gasteiger partial charge on any atom is 0.330 e. The Hall–Kier alpha value is -1.46. The molecule has 8 atom stereocenters. The molecule has 4 nitrogen and oxygen atoms in total. The fraction of sp³-hybridized carbons (Fsp3) is 0.818. The second-order valence-electron chi connectivity index (χ2n) is 10.6. The first-order chi connectivity index (χ1) is 13.1. The van der Waals surface area contributed by atoms with Gasteiger partial charge in [-0.05, 0) is 55.4 Å². The summed E-state index contributed by atoms with van der Waals surface area (Å²) in [5, 5.41) is 0. The molecule has 0 N–H and O–H groups in total. The first-order valence-corrected chi connectivity index (χ1v) is 10.6. The lowest BCUT2D eigenvalue weighted by Gasteiger charge is -2.58. The molecule has 0 aromatic carbocycles. The van der Waals surface area contributed by atoms with Gasteiger partial charge in [-0.25, -0.2) is 13.6 Å². The Kier molecular flexibility index (Phi) is 2.99. The van der Waals surface area contributed by atoms with Gasteiger partial charge in [0.05, 0.1) is 5.92 Å². The summed E-state index contributed by atoms with van der Waals surface area (Å²) in [6.07, 6.45) is 5.87.